The molecule has 1 aliphatic rings. The van der Waals surface area contributed by atoms with Gasteiger partial charge in [0.2, 0.25) is 0 Å². The maximum atomic E-state index is 12.5. The van der Waals surface area contributed by atoms with Crippen LogP contribution in [0.1, 0.15) is 11.4 Å². The van der Waals surface area contributed by atoms with Crippen molar-refractivity contribution in [3.63, 3.8) is 0 Å². The van der Waals surface area contributed by atoms with Crippen LogP contribution in [0.5, 0.6) is 5.75 Å². The van der Waals surface area contributed by atoms with Gasteiger partial charge in [-0.3, -0.25) is 5.10 Å². The van der Waals surface area contributed by atoms with Crippen LogP contribution in [0, 0.1) is 13.8 Å². The highest BCUT2D eigenvalue weighted by Crippen LogP contribution is 2.25. The Bertz CT molecular complexity index is 700. The number of para-hydroxylation sites is 2. The Hall–Kier alpha value is -2.70. The Kier molecular flexibility index (Phi) is 4.59. The second-order valence-electron chi connectivity index (χ2n) is 5.89. The number of carbonyl (C=O) groups excluding carboxylic acids is 1. The van der Waals surface area contributed by atoms with Crippen LogP contribution in [-0.4, -0.2) is 54.4 Å². The number of aromatic amines is 1. The van der Waals surface area contributed by atoms with E-state index in [-0.39, 0.29) is 6.03 Å². The van der Waals surface area contributed by atoms with Gasteiger partial charge in [-0.1, -0.05) is 12.1 Å². The van der Waals surface area contributed by atoms with E-state index in [1.54, 1.807) is 7.11 Å². The Morgan fingerprint density at radius 3 is 2.54 bits per heavy atom. The number of carbonyl (C=O) groups is 1. The normalized spacial score (nSPS) is 14.6. The van der Waals surface area contributed by atoms with Crippen molar-refractivity contribution in [2.75, 3.05) is 43.5 Å². The number of aromatic nitrogens is 2. The molecule has 0 atom stereocenters. The SMILES string of the molecule is COc1ccccc1NC(=O)N1CCN(c2c(C)n[nH]c2C)CC1. The van der Waals surface area contributed by atoms with E-state index in [0.29, 0.717) is 24.5 Å². The summed E-state index contributed by atoms with van der Waals surface area (Å²) in [6, 6.07) is 7.33. The molecule has 2 heterocycles. The second-order valence-corrected chi connectivity index (χ2v) is 5.89. The predicted molar refractivity (Wildman–Crippen MR) is 93.9 cm³/mol. The molecule has 1 fully saturated rings. The lowest BCUT2D eigenvalue weighted by Gasteiger charge is -2.36. The third-order valence-electron chi connectivity index (χ3n) is 4.32. The Morgan fingerprint density at radius 1 is 1.21 bits per heavy atom. The maximum Gasteiger partial charge on any atom is 0.322 e. The van der Waals surface area contributed by atoms with Crippen molar-refractivity contribution in [3.8, 4) is 5.75 Å². The van der Waals surface area contributed by atoms with Crippen molar-refractivity contribution in [1.29, 1.82) is 0 Å². The molecule has 1 aliphatic heterocycles. The number of urea groups is 1. The summed E-state index contributed by atoms with van der Waals surface area (Å²) >= 11 is 0. The molecule has 128 valence electrons. The predicted octanol–water partition coefficient (Wildman–Crippen LogP) is 2.39. The number of nitrogens with zero attached hydrogens (tertiary/aromatic N) is 3. The van der Waals surface area contributed by atoms with E-state index in [9.17, 15) is 4.79 Å². The van der Waals surface area contributed by atoms with E-state index < -0.39 is 0 Å². The molecule has 2 aromatic rings. The number of methoxy groups -OCH3 is 1. The largest absolute Gasteiger partial charge is 0.495 e. The number of nitrogens with one attached hydrogen (secondary N) is 2. The van der Waals surface area contributed by atoms with Crippen LogP contribution < -0.4 is 15.0 Å². The highest BCUT2D eigenvalue weighted by molar-refractivity contribution is 5.91. The number of aryl methyl sites for hydroxylation is 2. The number of rotatable bonds is 3. The number of hydrogen-bond acceptors (Lipinski definition) is 4. The fourth-order valence-electron chi connectivity index (χ4n) is 3.09. The summed E-state index contributed by atoms with van der Waals surface area (Å²) in [5.74, 6) is 0.661. The number of piperazine rings is 1. The molecule has 1 saturated heterocycles. The van der Waals surface area contributed by atoms with Gasteiger partial charge in [0.25, 0.3) is 0 Å². The highest BCUT2D eigenvalue weighted by Gasteiger charge is 2.24. The first kappa shape index (κ1) is 16.2. The van der Waals surface area contributed by atoms with Crippen molar-refractivity contribution in [2.45, 2.75) is 13.8 Å². The fraction of sp³-hybridized carbons (Fsp3) is 0.412. The highest BCUT2D eigenvalue weighted by atomic mass is 16.5. The zero-order valence-corrected chi connectivity index (χ0v) is 14.3. The molecule has 0 radical (unpaired) electrons. The molecule has 0 aliphatic carbocycles. The third kappa shape index (κ3) is 3.15. The van der Waals surface area contributed by atoms with Crippen molar-refractivity contribution in [3.05, 3.63) is 35.7 Å². The van der Waals surface area contributed by atoms with Crippen LogP contribution >= 0.6 is 0 Å². The molecular formula is C17H23N5O2. The maximum absolute atomic E-state index is 12.5. The van der Waals surface area contributed by atoms with Crippen LogP contribution in [0.25, 0.3) is 0 Å². The van der Waals surface area contributed by atoms with E-state index >= 15 is 0 Å². The molecule has 0 bridgehead atoms. The molecule has 24 heavy (non-hydrogen) atoms. The van der Waals surface area contributed by atoms with Gasteiger partial charge in [0.15, 0.2) is 0 Å². The van der Waals surface area contributed by atoms with Crippen molar-refractivity contribution < 1.29 is 9.53 Å². The molecule has 1 aromatic heterocycles. The number of anilines is 2. The molecule has 1 aromatic carbocycles. The number of H-pyrrole nitrogens is 1. The van der Waals surface area contributed by atoms with Crippen molar-refractivity contribution in [1.82, 2.24) is 15.1 Å². The minimum Gasteiger partial charge on any atom is -0.495 e. The molecule has 2 amide bonds. The monoisotopic (exact) mass is 329 g/mol. The van der Waals surface area contributed by atoms with Crippen LogP contribution in [-0.2, 0) is 0 Å². The quantitative estimate of drug-likeness (QED) is 0.907. The molecule has 0 unspecified atom stereocenters. The molecule has 2 N–H and O–H groups in total. The minimum absolute atomic E-state index is 0.0974. The number of hydrogen-bond donors (Lipinski definition) is 2. The molecule has 7 nitrogen and oxygen atoms in total. The molecule has 0 saturated carbocycles. The van der Waals surface area contributed by atoms with Gasteiger partial charge in [-0.15, -0.1) is 0 Å². The van der Waals surface area contributed by atoms with Crippen LogP contribution in [0.2, 0.25) is 0 Å². The smallest absolute Gasteiger partial charge is 0.322 e. The van der Waals surface area contributed by atoms with Gasteiger partial charge < -0.3 is 19.9 Å². The van der Waals surface area contributed by atoms with Gasteiger partial charge in [0, 0.05) is 26.2 Å². The van der Waals surface area contributed by atoms with E-state index in [1.165, 1.54) is 0 Å². The zero-order valence-electron chi connectivity index (χ0n) is 14.3. The topological polar surface area (TPSA) is 73.5 Å². The Labute approximate surface area is 141 Å². The summed E-state index contributed by atoms with van der Waals surface area (Å²) < 4.78 is 5.27. The van der Waals surface area contributed by atoms with Gasteiger partial charge in [-0.25, -0.2) is 4.79 Å². The van der Waals surface area contributed by atoms with Crippen LogP contribution in [0.3, 0.4) is 0 Å². The fourth-order valence-corrected chi connectivity index (χ4v) is 3.09. The standard InChI is InChI=1S/C17H23N5O2/c1-12-16(13(2)20-19-12)21-8-10-22(11-9-21)17(23)18-14-6-4-5-7-15(14)24-3/h4-7H,8-11H2,1-3H3,(H,18,23)(H,19,20). The van der Waals surface area contributed by atoms with E-state index in [1.807, 2.05) is 43.0 Å². The molecule has 0 spiro atoms. The summed E-state index contributed by atoms with van der Waals surface area (Å²) in [5.41, 5.74) is 3.91. The number of benzene rings is 1. The van der Waals surface area contributed by atoms with E-state index in [4.69, 9.17) is 4.74 Å². The first-order valence-corrected chi connectivity index (χ1v) is 8.05. The van der Waals surface area contributed by atoms with E-state index in [0.717, 1.165) is 30.2 Å². The van der Waals surface area contributed by atoms with Gasteiger partial charge in [-0.2, -0.15) is 5.10 Å². The second kappa shape index (κ2) is 6.82. The summed E-state index contributed by atoms with van der Waals surface area (Å²) in [6.45, 7) is 6.95. The van der Waals surface area contributed by atoms with Crippen LogP contribution in [0.15, 0.2) is 24.3 Å². The molecule has 7 heteroatoms. The average Bonchev–Trinajstić information content (AvgIpc) is 2.94. The zero-order chi connectivity index (χ0) is 17.1. The van der Waals surface area contributed by atoms with Gasteiger partial charge in [0.1, 0.15) is 5.75 Å². The summed E-state index contributed by atoms with van der Waals surface area (Å²) in [5, 5.41) is 10.2. The number of amides is 2. The van der Waals surface area contributed by atoms with Gasteiger partial charge in [0.05, 0.1) is 29.9 Å². The lowest BCUT2D eigenvalue weighted by Crippen LogP contribution is -2.50. The Morgan fingerprint density at radius 2 is 1.92 bits per heavy atom. The first-order chi connectivity index (χ1) is 11.6. The minimum atomic E-state index is -0.0974. The van der Waals surface area contributed by atoms with Crippen LogP contribution in [0.4, 0.5) is 16.2 Å². The van der Waals surface area contributed by atoms with Crippen molar-refractivity contribution in [2.24, 2.45) is 0 Å². The van der Waals surface area contributed by atoms with Gasteiger partial charge >= 0.3 is 6.03 Å². The molecular weight excluding hydrogens is 306 g/mol. The Balaban J connectivity index is 1.61. The van der Waals surface area contributed by atoms with E-state index in [2.05, 4.69) is 20.4 Å². The number of ether oxygens (including phenoxy) is 1. The lowest BCUT2D eigenvalue weighted by molar-refractivity contribution is 0.208. The lowest BCUT2D eigenvalue weighted by atomic mass is 10.2. The third-order valence-corrected chi connectivity index (χ3v) is 4.32. The van der Waals surface area contributed by atoms with Gasteiger partial charge in [-0.05, 0) is 26.0 Å². The summed E-state index contributed by atoms with van der Waals surface area (Å²) in [7, 11) is 1.60. The first-order valence-electron chi connectivity index (χ1n) is 8.05. The summed E-state index contributed by atoms with van der Waals surface area (Å²) in [6.07, 6.45) is 0. The average molecular weight is 329 g/mol. The summed E-state index contributed by atoms with van der Waals surface area (Å²) in [4.78, 5) is 16.6. The van der Waals surface area contributed by atoms with Crippen molar-refractivity contribution >= 4 is 17.4 Å². The molecule has 3 rings (SSSR count).